The Hall–Kier alpha value is -5.64. The molecule has 0 bridgehead atoms. The topological polar surface area (TPSA) is 136 Å². The number of aryl methyl sites for hydroxylation is 1. The predicted molar refractivity (Wildman–Crippen MR) is 163 cm³/mol. The van der Waals surface area contributed by atoms with Gasteiger partial charge in [-0.05, 0) is 72.1 Å². The molecular formula is C33H30N6O4. The van der Waals surface area contributed by atoms with Crippen molar-refractivity contribution < 1.29 is 19.4 Å². The molecule has 2 amide bonds. The van der Waals surface area contributed by atoms with E-state index in [0.717, 1.165) is 22.3 Å². The third kappa shape index (κ3) is 6.18. The number of anilines is 1. The summed E-state index contributed by atoms with van der Waals surface area (Å²) in [7, 11) is 1.82. The Morgan fingerprint density at radius 3 is 2.21 bits per heavy atom. The number of hydrogen-bond acceptors (Lipinski definition) is 7. The second kappa shape index (κ2) is 11.7. The van der Waals surface area contributed by atoms with E-state index in [-0.39, 0.29) is 29.4 Å². The normalized spacial score (nSPS) is 14.4. The Labute approximate surface area is 248 Å². The second-order valence-corrected chi connectivity index (χ2v) is 10.5. The molecule has 2 aromatic heterocycles. The first-order valence-corrected chi connectivity index (χ1v) is 13.8. The number of nitrogens with two attached hydrogens (primary N) is 1. The number of rotatable bonds is 7. The zero-order valence-electron chi connectivity index (χ0n) is 23.5. The van der Waals surface area contributed by atoms with Gasteiger partial charge in [0.05, 0.1) is 11.8 Å². The molecule has 216 valence electrons. The van der Waals surface area contributed by atoms with Crippen LogP contribution in [0.3, 0.4) is 0 Å². The molecule has 10 heteroatoms. The van der Waals surface area contributed by atoms with E-state index in [2.05, 4.69) is 15.4 Å². The molecule has 1 atom stereocenters. The molecule has 1 saturated heterocycles. The summed E-state index contributed by atoms with van der Waals surface area (Å²) >= 11 is 0. The minimum absolute atomic E-state index is 0.0827. The molecule has 0 radical (unpaired) electrons. The maximum absolute atomic E-state index is 13.2. The zero-order valence-corrected chi connectivity index (χ0v) is 23.5. The summed E-state index contributed by atoms with van der Waals surface area (Å²) in [4.78, 5) is 32.3. The van der Waals surface area contributed by atoms with Gasteiger partial charge < -0.3 is 25.8 Å². The fourth-order valence-electron chi connectivity index (χ4n) is 5.06. The predicted octanol–water partition coefficient (Wildman–Crippen LogP) is 4.87. The van der Waals surface area contributed by atoms with E-state index in [1.807, 2.05) is 61.8 Å². The summed E-state index contributed by atoms with van der Waals surface area (Å²) in [6.07, 6.45) is 5.80. The van der Waals surface area contributed by atoms with E-state index in [0.29, 0.717) is 42.1 Å². The number of pyridine rings is 1. The van der Waals surface area contributed by atoms with Gasteiger partial charge in [0.15, 0.2) is 0 Å². The van der Waals surface area contributed by atoms with Gasteiger partial charge in [-0.2, -0.15) is 5.10 Å². The summed E-state index contributed by atoms with van der Waals surface area (Å²) in [5.74, 6) is 1.24. The Balaban J connectivity index is 1.05. The molecule has 0 spiro atoms. The number of aromatic hydroxyl groups is 1. The molecule has 6 rings (SSSR count). The Morgan fingerprint density at radius 1 is 0.907 bits per heavy atom. The van der Waals surface area contributed by atoms with Gasteiger partial charge >= 0.3 is 0 Å². The lowest BCUT2D eigenvalue weighted by atomic mass is 10.0. The van der Waals surface area contributed by atoms with Gasteiger partial charge in [0, 0.05) is 55.3 Å². The number of carbonyl (C=O) groups excluding carboxylic acids is 2. The van der Waals surface area contributed by atoms with Crippen LogP contribution in [-0.2, 0) is 7.05 Å². The zero-order chi connectivity index (χ0) is 29.9. The third-order valence-electron chi connectivity index (χ3n) is 7.40. The van der Waals surface area contributed by atoms with Crippen molar-refractivity contribution in [2.75, 3.05) is 18.8 Å². The highest BCUT2D eigenvalue weighted by atomic mass is 16.5. The van der Waals surface area contributed by atoms with Gasteiger partial charge in [-0.3, -0.25) is 14.3 Å². The highest BCUT2D eigenvalue weighted by Gasteiger charge is 2.29. The lowest BCUT2D eigenvalue weighted by molar-refractivity contribution is 0.0783. The molecule has 5 aromatic rings. The number of amides is 2. The first kappa shape index (κ1) is 27.5. The minimum Gasteiger partial charge on any atom is -0.508 e. The summed E-state index contributed by atoms with van der Waals surface area (Å²) in [6.45, 7) is 0.946. The van der Waals surface area contributed by atoms with Crippen molar-refractivity contribution in [1.29, 1.82) is 0 Å². The molecule has 1 aliphatic rings. The SMILES string of the molecule is Cn1cc(-c2cnc(N)c(C(=O)N[C@@H]3CCN(C(=O)c4ccc(-c5ccc(Oc6ccc(O)cc6)cc5)cc4)C3)c2)cn1. The monoisotopic (exact) mass is 574 g/mol. The first-order valence-electron chi connectivity index (χ1n) is 13.8. The number of ether oxygens (including phenoxy) is 1. The van der Waals surface area contributed by atoms with Crippen LogP contribution >= 0.6 is 0 Å². The molecule has 0 unspecified atom stereocenters. The van der Waals surface area contributed by atoms with E-state index >= 15 is 0 Å². The number of nitrogens with zero attached hydrogens (tertiary/aromatic N) is 4. The summed E-state index contributed by atoms with van der Waals surface area (Å²) in [5, 5.41) is 16.6. The van der Waals surface area contributed by atoms with Crippen molar-refractivity contribution in [3.8, 4) is 39.5 Å². The molecule has 0 aliphatic carbocycles. The van der Waals surface area contributed by atoms with Crippen LogP contribution in [0.1, 0.15) is 27.1 Å². The number of likely N-dealkylation sites (tertiary alicyclic amines) is 1. The Morgan fingerprint density at radius 2 is 1.56 bits per heavy atom. The van der Waals surface area contributed by atoms with E-state index < -0.39 is 0 Å². The van der Waals surface area contributed by atoms with Gasteiger partial charge in [0.1, 0.15) is 23.1 Å². The third-order valence-corrected chi connectivity index (χ3v) is 7.40. The van der Waals surface area contributed by atoms with E-state index in [1.165, 1.54) is 0 Å². The lowest BCUT2D eigenvalue weighted by Crippen LogP contribution is -2.38. The number of nitrogen functional groups attached to an aromatic ring is 1. The first-order chi connectivity index (χ1) is 20.8. The number of phenolic OH excluding ortho intramolecular Hbond substituents is 1. The number of hydrogen-bond donors (Lipinski definition) is 3. The van der Waals surface area contributed by atoms with Crippen molar-refractivity contribution in [3.63, 3.8) is 0 Å². The van der Waals surface area contributed by atoms with Crippen LogP contribution in [0.4, 0.5) is 5.82 Å². The summed E-state index contributed by atoms with van der Waals surface area (Å²) in [6, 6.07) is 23.2. The highest BCUT2D eigenvalue weighted by molar-refractivity contribution is 6.00. The Kier molecular flexibility index (Phi) is 7.48. The standard InChI is InChI=1S/C33H30N6O4/c1-38-19-25(18-36-38)24-16-30(31(34)35-17-24)32(41)37-26-14-15-39(20-26)33(42)23-4-2-21(3-5-23)22-6-10-28(11-7-22)43-29-12-8-27(40)9-13-29/h2-13,16-19,26,40H,14-15,20H2,1H3,(H2,34,35)(H,37,41)/t26-/m1/s1. The van der Waals surface area contributed by atoms with Crippen LogP contribution in [0.5, 0.6) is 17.2 Å². The fourth-order valence-corrected chi connectivity index (χ4v) is 5.06. The van der Waals surface area contributed by atoms with E-state index in [1.54, 1.807) is 52.3 Å². The van der Waals surface area contributed by atoms with E-state index in [9.17, 15) is 14.7 Å². The molecule has 0 saturated carbocycles. The molecule has 4 N–H and O–H groups in total. The number of carbonyl (C=O) groups is 2. The molecule has 3 heterocycles. The van der Waals surface area contributed by atoms with Crippen molar-refractivity contribution >= 4 is 17.6 Å². The summed E-state index contributed by atoms with van der Waals surface area (Å²) in [5.41, 5.74) is 10.4. The number of nitrogens with one attached hydrogen (secondary N) is 1. The van der Waals surface area contributed by atoms with Crippen molar-refractivity contribution in [1.82, 2.24) is 25.0 Å². The summed E-state index contributed by atoms with van der Waals surface area (Å²) < 4.78 is 7.50. The van der Waals surface area contributed by atoms with Crippen LogP contribution < -0.4 is 15.8 Å². The van der Waals surface area contributed by atoms with Gasteiger partial charge in [-0.1, -0.05) is 24.3 Å². The number of phenols is 1. The molecule has 1 fully saturated rings. The largest absolute Gasteiger partial charge is 0.508 e. The minimum atomic E-state index is -0.320. The maximum atomic E-state index is 13.2. The van der Waals surface area contributed by atoms with Crippen LogP contribution in [0.25, 0.3) is 22.3 Å². The van der Waals surface area contributed by atoms with Crippen LogP contribution in [0.15, 0.2) is 97.5 Å². The van der Waals surface area contributed by atoms with Crippen LogP contribution in [0, 0.1) is 0 Å². The number of benzene rings is 3. The average Bonchev–Trinajstić information content (AvgIpc) is 3.68. The van der Waals surface area contributed by atoms with Gasteiger partial charge in [-0.25, -0.2) is 4.98 Å². The molecule has 10 nitrogen and oxygen atoms in total. The van der Waals surface area contributed by atoms with Crippen molar-refractivity contribution in [2.45, 2.75) is 12.5 Å². The van der Waals surface area contributed by atoms with E-state index in [4.69, 9.17) is 10.5 Å². The Bertz CT molecular complexity index is 1770. The second-order valence-electron chi connectivity index (χ2n) is 10.5. The average molecular weight is 575 g/mol. The number of aromatic nitrogens is 3. The molecule has 43 heavy (non-hydrogen) atoms. The highest BCUT2D eigenvalue weighted by Crippen LogP contribution is 2.28. The molecule has 3 aromatic carbocycles. The van der Waals surface area contributed by atoms with Gasteiger partial charge in [0.2, 0.25) is 0 Å². The molecule has 1 aliphatic heterocycles. The fraction of sp³-hybridized carbons (Fsp3) is 0.152. The quantitative estimate of drug-likeness (QED) is 0.252. The molecular weight excluding hydrogens is 544 g/mol. The van der Waals surface area contributed by atoms with Crippen molar-refractivity contribution in [3.05, 3.63) is 109 Å². The van der Waals surface area contributed by atoms with Gasteiger partial charge in [0.25, 0.3) is 11.8 Å². The smallest absolute Gasteiger partial charge is 0.255 e. The van der Waals surface area contributed by atoms with Gasteiger partial charge in [-0.15, -0.1) is 0 Å². The van der Waals surface area contributed by atoms with Crippen LogP contribution in [-0.4, -0.2) is 55.7 Å². The maximum Gasteiger partial charge on any atom is 0.255 e. The lowest BCUT2D eigenvalue weighted by Gasteiger charge is -2.18. The van der Waals surface area contributed by atoms with Crippen LogP contribution in [0.2, 0.25) is 0 Å². The van der Waals surface area contributed by atoms with Crippen molar-refractivity contribution in [2.24, 2.45) is 7.05 Å².